The third-order valence-electron chi connectivity index (χ3n) is 1.47. The molecule has 1 aromatic carbocycles. The summed E-state index contributed by atoms with van der Waals surface area (Å²) < 4.78 is 30.0. The SMILES string of the molecule is O=C(O)c1ccc(O)cc1S(=O)(=O)O. The van der Waals surface area contributed by atoms with Gasteiger partial charge in [0.15, 0.2) is 0 Å². The first-order valence-electron chi connectivity index (χ1n) is 3.36. The van der Waals surface area contributed by atoms with E-state index in [1.807, 2.05) is 0 Å². The van der Waals surface area contributed by atoms with Crippen molar-refractivity contribution in [1.82, 2.24) is 0 Å². The van der Waals surface area contributed by atoms with Gasteiger partial charge in [-0.3, -0.25) is 4.55 Å². The maximum Gasteiger partial charge on any atom is 0.337 e. The highest BCUT2D eigenvalue weighted by molar-refractivity contribution is 7.86. The molecule has 76 valence electrons. The molecule has 7 heteroatoms. The van der Waals surface area contributed by atoms with Crippen LogP contribution in [0.5, 0.6) is 5.75 Å². The van der Waals surface area contributed by atoms with Crippen LogP contribution in [0.4, 0.5) is 0 Å². The molecule has 0 saturated carbocycles. The van der Waals surface area contributed by atoms with Gasteiger partial charge in [0.05, 0.1) is 5.56 Å². The summed E-state index contributed by atoms with van der Waals surface area (Å²) in [5, 5.41) is 17.5. The highest BCUT2D eigenvalue weighted by atomic mass is 32.2. The first kappa shape index (κ1) is 10.5. The number of aromatic carboxylic acids is 1. The summed E-state index contributed by atoms with van der Waals surface area (Å²) >= 11 is 0. The fourth-order valence-corrected chi connectivity index (χ4v) is 1.60. The molecule has 0 bridgehead atoms. The Balaban J connectivity index is 3.54. The van der Waals surface area contributed by atoms with Gasteiger partial charge in [0.25, 0.3) is 10.1 Å². The van der Waals surface area contributed by atoms with E-state index in [-0.39, 0.29) is 0 Å². The second kappa shape index (κ2) is 3.28. The van der Waals surface area contributed by atoms with Crippen LogP contribution in [0.2, 0.25) is 0 Å². The molecule has 0 heterocycles. The molecule has 0 unspecified atom stereocenters. The van der Waals surface area contributed by atoms with Gasteiger partial charge in [-0.2, -0.15) is 8.42 Å². The van der Waals surface area contributed by atoms with E-state index in [4.69, 9.17) is 14.8 Å². The maximum atomic E-state index is 10.7. The first-order valence-corrected chi connectivity index (χ1v) is 4.80. The van der Waals surface area contributed by atoms with Crippen LogP contribution in [0.1, 0.15) is 10.4 Å². The smallest absolute Gasteiger partial charge is 0.337 e. The van der Waals surface area contributed by atoms with Crippen molar-refractivity contribution >= 4 is 16.1 Å². The number of aromatic hydroxyl groups is 1. The highest BCUT2D eigenvalue weighted by Crippen LogP contribution is 2.20. The van der Waals surface area contributed by atoms with Crippen molar-refractivity contribution in [3.63, 3.8) is 0 Å². The molecular formula is C7H6O6S. The zero-order chi connectivity index (χ0) is 10.9. The quantitative estimate of drug-likeness (QED) is 0.617. The van der Waals surface area contributed by atoms with E-state index in [9.17, 15) is 13.2 Å². The second-order valence-corrected chi connectivity index (χ2v) is 3.85. The minimum atomic E-state index is -4.64. The van der Waals surface area contributed by atoms with Crippen LogP contribution in [0.25, 0.3) is 0 Å². The molecule has 6 nitrogen and oxygen atoms in total. The minimum absolute atomic E-state index is 0.442. The molecule has 0 aromatic heterocycles. The summed E-state index contributed by atoms with van der Waals surface area (Å²) in [6.07, 6.45) is 0. The molecule has 3 N–H and O–H groups in total. The predicted octanol–water partition coefficient (Wildman–Crippen LogP) is 0.337. The maximum absolute atomic E-state index is 10.7. The molecule has 1 aromatic rings. The molecule has 0 aliphatic rings. The normalized spacial score (nSPS) is 11.2. The van der Waals surface area contributed by atoms with Crippen molar-refractivity contribution in [3.05, 3.63) is 23.8 Å². The second-order valence-electron chi connectivity index (χ2n) is 2.46. The Morgan fingerprint density at radius 3 is 2.29 bits per heavy atom. The lowest BCUT2D eigenvalue weighted by Crippen LogP contribution is -2.07. The lowest BCUT2D eigenvalue weighted by atomic mass is 10.2. The Bertz CT molecular complexity index is 475. The predicted molar refractivity (Wildman–Crippen MR) is 44.9 cm³/mol. The summed E-state index contributed by atoms with van der Waals surface area (Å²) in [4.78, 5) is 9.69. The Hall–Kier alpha value is -1.60. The number of hydrogen-bond donors (Lipinski definition) is 3. The number of phenolic OH excluding ortho intramolecular Hbond substituents is 1. The van der Waals surface area contributed by atoms with E-state index in [1.165, 1.54) is 0 Å². The van der Waals surface area contributed by atoms with Gasteiger partial charge in [0, 0.05) is 6.07 Å². The van der Waals surface area contributed by atoms with Crippen LogP contribution in [-0.2, 0) is 10.1 Å². The molecule has 0 aliphatic heterocycles. The molecule has 0 amide bonds. The number of carbonyl (C=O) groups is 1. The van der Waals surface area contributed by atoms with E-state index in [1.54, 1.807) is 0 Å². The summed E-state index contributed by atoms with van der Waals surface area (Å²) in [5.74, 6) is -1.94. The molecule has 0 radical (unpaired) electrons. The van der Waals surface area contributed by atoms with Gasteiger partial charge in [-0.15, -0.1) is 0 Å². The molecule has 0 atom stereocenters. The molecule has 0 saturated heterocycles. The average Bonchev–Trinajstić information content (AvgIpc) is 2.01. The van der Waals surface area contributed by atoms with Crippen molar-refractivity contribution in [3.8, 4) is 5.75 Å². The number of rotatable bonds is 2. The number of carboxylic acid groups (broad SMARTS) is 1. The third kappa shape index (κ3) is 2.01. The molecule has 14 heavy (non-hydrogen) atoms. The van der Waals surface area contributed by atoms with Gasteiger partial charge in [-0.1, -0.05) is 0 Å². The van der Waals surface area contributed by atoms with Crippen LogP contribution >= 0.6 is 0 Å². The largest absolute Gasteiger partial charge is 0.508 e. The minimum Gasteiger partial charge on any atom is -0.508 e. The molecule has 0 fully saturated rings. The molecule has 0 aliphatic carbocycles. The summed E-state index contributed by atoms with van der Waals surface area (Å²) in [5.41, 5.74) is -0.592. The number of hydrogen-bond acceptors (Lipinski definition) is 4. The van der Waals surface area contributed by atoms with E-state index < -0.39 is 32.3 Å². The average molecular weight is 218 g/mol. The van der Waals surface area contributed by atoms with E-state index in [2.05, 4.69) is 0 Å². The van der Waals surface area contributed by atoms with Crippen LogP contribution < -0.4 is 0 Å². The highest BCUT2D eigenvalue weighted by Gasteiger charge is 2.20. The van der Waals surface area contributed by atoms with Crippen LogP contribution in [0.3, 0.4) is 0 Å². The zero-order valence-corrected chi connectivity index (χ0v) is 7.52. The van der Waals surface area contributed by atoms with Gasteiger partial charge in [0.2, 0.25) is 0 Å². The van der Waals surface area contributed by atoms with Gasteiger partial charge in [-0.25, -0.2) is 4.79 Å². The van der Waals surface area contributed by atoms with Gasteiger partial charge < -0.3 is 10.2 Å². The monoisotopic (exact) mass is 218 g/mol. The number of carboxylic acids is 1. The molecule has 1 rings (SSSR count). The fourth-order valence-electron chi connectivity index (χ4n) is 0.901. The fraction of sp³-hybridized carbons (Fsp3) is 0. The van der Waals surface area contributed by atoms with Gasteiger partial charge in [0.1, 0.15) is 10.6 Å². The summed E-state index contributed by atoms with van der Waals surface area (Å²) in [6.45, 7) is 0. The molecular weight excluding hydrogens is 212 g/mol. The van der Waals surface area contributed by atoms with E-state index in [0.29, 0.717) is 6.07 Å². The van der Waals surface area contributed by atoms with Crippen LogP contribution in [-0.4, -0.2) is 29.2 Å². The van der Waals surface area contributed by atoms with Gasteiger partial charge >= 0.3 is 5.97 Å². The number of phenols is 1. The Morgan fingerprint density at radius 2 is 1.86 bits per heavy atom. The van der Waals surface area contributed by atoms with Crippen LogP contribution in [0.15, 0.2) is 23.1 Å². The third-order valence-corrected chi connectivity index (χ3v) is 2.37. The van der Waals surface area contributed by atoms with Crippen LogP contribution in [0, 0.1) is 0 Å². The Morgan fingerprint density at radius 1 is 1.29 bits per heavy atom. The Kier molecular flexibility index (Phi) is 2.45. The van der Waals surface area contributed by atoms with Crippen molar-refractivity contribution < 1.29 is 28.0 Å². The topological polar surface area (TPSA) is 112 Å². The zero-order valence-electron chi connectivity index (χ0n) is 6.71. The lowest BCUT2D eigenvalue weighted by molar-refractivity contribution is 0.0692. The van der Waals surface area contributed by atoms with Gasteiger partial charge in [-0.05, 0) is 12.1 Å². The van der Waals surface area contributed by atoms with Crippen molar-refractivity contribution in [2.24, 2.45) is 0 Å². The van der Waals surface area contributed by atoms with Crippen molar-refractivity contribution in [1.29, 1.82) is 0 Å². The lowest BCUT2D eigenvalue weighted by Gasteiger charge is -2.02. The molecule has 0 spiro atoms. The van der Waals surface area contributed by atoms with E-state index in [0.717, 1.165) is 12.1 Å². The number of benzene rings is 1. The van der Waals surface area contributed by atoms with Crippen molar-refractivity contribution in [2.45, 2.75) is 4.90 Å². The Labute approximate surface area is 79.2 Å². The van der Waals surface area contributed by atoms with E-state index >= 15 is 0 Å². The summed E-state index contributed by atoms with van der Waals surface area (Å²) in [6, 6.07) is 2.57. The standard InChI is InChI=1S/C7H6O6S/c8-4-1-2-5(7(9)10)6(3-4)14(11,12)13/h1-3,8H,(H,9,10)(H,11,12,13). The van der Waals surface area contributed by atoms with Crippen molar-refractivity contribution in [2.75, 3.05) is 0 Å². The summed E-state index contributed by atoms with van der Waals surface area (Å²) in [7, 11) is -4.64. The first-order chi connectivity index (χ1) is 6.32.